The molecule has 4 aromatic rings. The second kappa shape index (κ2) is 9.47. The minimum absolute atomic E-state index is 0.280. The highest BCUT2D eigenvalue weighted by atomic mass is 35.5. The average Bonchev–Trinajstić information content (AvgIpc) is 3.23. The van der Waals surface area contributed by atoms with Gasteiger partial charge in [-0.1, -0.05) is 29.8 Å². The van der Waals surface area contributed by atoms with E-state index in [1.54, 1.807) is 11.8 Å². The van der Waals surface area contributed by atoms with Crippen LogP contribution in [0.15, 0.2) is 83.8 Å². The zero-order valence-electron chi connectivity index (χ0n) is 15.8. The molecular weight excluding hydrogens is 418 g/mol. The fourth-order valence-electron chi connectivity index (χ4n) is 2.69. The van der Waals surface area contributed by atoms with Gasteiger partial charge in [0.2, 0.25) is 0 Å². The molecule has 3 aromatic carbocycles. The predicted molar refractivity (Wildman–Crippen MR) is 122 cm³/mol. The Morgan fingerprint density at radius 1 is 0.900 bits per heavy atom. The highest BCUT2D eigenvalue weighted by molar-refractivity contribution is 7.98. The lowest BCUT2D eigenvalue weighted by Crippen LogP contribution is -2.19. The molecule has 0 atom stereocenters. The summed E-state index contributed by atoms with van der Waals surface area (Å²) in [6.45, 7) is 0. The van der Waals surface area contributed by atoms with Gasteiger partial charge in [0.1, 0.15) is 5.82 Å². The maximum absolute atomic E-state index is 12.1. The average molecular weight is 436 g/mol. The smallest absolute Gasteiger partial charge is 0.308 e. The maximum Gasteiger partial charge on any atom is 0.323 e. The number of amides is 2. The van der Waals surface area contributed by atoms with Crippen molar-refractivity contribution in [2.24, 2.45) is 0 Å². The third kappa shape index (κ3) is 5.40. The van der Waals surface area contributed by atoms with E-state index in [-0.39, 0.29) is 6.03 Å². The molecule has 0 aliphatic rings. The lowest BCUT2D eigenvalue weighted by Gasteiger charge is -2.08. The van der Waals surface area contributed by atoms with Crippen LogP contribution in [0.3, 0.4) is 0 Å². The number of carbonyl (C=O) groups excluding carboxylic acids is 1. The Hall–Kier alpha value is -3.29. The Morgan fingerprint density at radius 2 is 1.57 bits per heavy atom. The molecular formula is C22H18ClN5OS. The Kier molecular flexibility index (Phi) is 6.32. The molecule has 2 amide bonds. The van der Waals surface area contributed by atoms with E-state index in [2.05, 4.69) is 25.8 Å². The fraction of sp³-hybridized carbons (Fsp3) is 0.0455. The number of H-pyrrole nitrogens is 1. The van der Waals surface area contributed by atoms with Crippen molar-refractivity contribution >= 4 is 40.8 Å². The van der Waals surface area contributed by atoms with Crippen molar-refractivity contribution in [2.45, 2.75) is 10.6 Å². The van der Waals surface area contributed by atoms with Gasteiger partial charge >= 0.3 is 6.03 Å². The molecule has 3 N–H and O–H groups in total. The summed E-state index contributed by atoms with van der Waals surface area (Å²) < 4.78 is 0. The van der Waals surface area contributed by atoms with E-state index in [1.807, 2.05) is 78.9 Å². The Labute approximate surface area is 183 Å². The van der Waals surface area contributed by atoms with Crippen molar-refractivity contribution in [3.05, 3.63) is 89.7 Å². The van der Waals surface area contributed by atoms with Gasteiger partial charge in [-0.3, -0.25) is 5.10 Å². The van der Waals surface area contributed by atoms with Gasteiger partial charge < -0.3 is 10.6 Å². The predicted octanol–water partition coefficient (Wildman–Crippen LogP) is 6.06. The first-order chi connectivity index (χ1) is 14.7. The summed E-state index contributed by atoms with van der Waals surface area (Å²) in [7, 11) is 0. The number of carbonyl (C=O) groups is 1. The number of urea groups is 1. The van der Waals surface area contributed by atoms with Crippen molar-refractivity contribution in [3.63, 3.8) is 0 Å². The van der Waals surface area contributed by atoms with Gasteiger partial charge in [-0.25, -0.2) is 9.78 Å². The summed E-state index contributed by atoms with van der Waals surface area (Å²) in [4.78, 5) is 17.7. The van der Waals surface area contributed by atoms with Crippen LogP contribution < -0.4 is 10.6 Å². The molecule has 6 nitrogen and oxygen atoms in total. The van der Waals surface area contributed by atoms with Crippen molar-refractivity contribution in [2.75, 3.05) is 10.6 Å². The van der Waals surface area contributed by atoms with Gasteiger partial charge in [0.25, 0.3) is 0 Å². The van der Waals surface area contributed by atoms with Gasteiger partial charge in [0, 0.05) is 26.9 Å². The van der Waals surface area contributed by atoms with Crippen LogP contribution >= 0.6 is 23.4 Å². The van der Waals surface area contributed by atoms with Crippen molar-refractivity contribution in [1.29, 1.82) is 0 Å². The number of aromatic nitrogens is 3. The van der Waals surface area contributed by atoms with E-state index >= 15 is 0 Å². The van der Waals surface area contributed by atoms with Crippen molar-refractivity contribution < 1.29 is 4.79 Å². The van der Waals surface area contributed by atoms with Gasteiger partial charge in [0.15, 0.2) is 5.82 Å². The first-order valence-corrected chi connectivity index (χ1v) is 10.6. The van der Waals surface area contributed by atoms with Crippen LogP contribution in [0.4, 0.5) is 16.2 Å². The molecule has 8 heteroatoms. The minimum Gasteiger partial charge on any atom is -0.308 e. The molecule has 0 unspecified atom stereocenters. The molecule has 1 aromatic heterocycles. The molecule has 0 radical (unpaired) electrons. The quantitative estimate of drug-likeness (QED) is 0.321. The van der Waals surface area contributed by atoms with Crippen molar-refractivity contribution in [1.82, 2.24) is 15.2 Å². The lowest BCUT2D eigenvalue weighted by molar-refractivity contribution is 0.262. The van der Waals surface area contributed by atoms with E-state index in [1.165, 1.54) is 0 Å². The largest absolute Gasteiger partial charge is 0.323 e. The highest BCUT2D eigenvalue weighted by Crippen LogP contribution is 2.24. The number of halogens is 1. The van der Waals surface area contributed by atoms with Gasteiger partial charge in [-0.05, 0) is 60.7 Å². The highest BCUT2D eigenvalue weighted by Gasteiger charge is 2.07. The number of aromatic amines is 1. The standard InChI is InChI=1S/C22H18ClN5OS/c23-16-8-6-15(7-9-16)21-26-20(27-28-21)14-30-19-12-10-18(11-13-19)25-22(29)24-17-4-2-1-3-5-17/h1-13H,14H2,(H2,24,25,29)(H,26,27,28). The Balaban J connectivity index is 1.30. The first kappa shape index (κ1) is 20.0. The van der Waals surface area contributed by atoms with Crippen LogP contribution in [0.25, 0.3) is 11.4 Å². The minimum atomic E-state index is -0.280. The van der Waals surface area contributed by atoms with Crippen LogP contribution in [0, 0.1) is 0 Å². The maximum atomic E-state index is 12.1. The third-order valence-electron chi connectivity index (χ3n) is 4.15. The zero-order valence-corrected chi connectivity index (χ0v) is 17.4. The summed E-state index contributed by atoms with van der Waals surface area (Å²) in [6.07, 6.45) is 0. The number of nitrogens with zero attached hydrogens (tertiary/aromatic N) is 2. The summed E-state index contributed by atoms with van der Waals surface area (Å²) in [5.74, 6) is 2.09. The molecule has 0 aliphatic carbocycles. The Bertz CT molecular complexity index is 1110. The number of benzene rings is 3. The van der Waals surface area contributed by atoms with Gasteiger partial charge in [-0.2, -0.15) is 5.10 Å². The van der Waals surface area contributed by atoms with E-state index < -0.39 is 0 Å². The van der Waals surface area contributed by atoms with E-state index in [9.17, 15) is 4.79 Å². The summed E-state index contributed by atoms with van der Waals surface area (Å²) in [6, 6.07) is 24.1. The molecule has 0 bridgehead atoms. The molecule has 30 heavy (non-hydrogen) atoms. The molecule has 4 rings (SSSR count). The Morgan fingerprint density at radius 3 is 2.27 bits per heavy atom. The molecule has 1 heterocycles. The SMILES string of the molecule is O=C(Nc1ccccc1)Nc1ccc(SCc2nc(-c3ccc(Cl)cc3)n[nH]2)cc1. The van der Waals surface area contributed by atoms with Crippen LogP contribution in [0.2, 0.25) is 5.02 Å². The topological polar surface area (TPSA) is 82.7 Å². The van der Waals surface area contributed by atoms with Crippen molar-refractivity contribution in [3.8, 4) is 11.4 Å². The summed E-state index contributed by atoms with van der Waals surface area (Å²) in [5, 5.41) is 13.5. The summed E-state index contributed by atoms with van der Waals surface area (Å²) >= 11 is 7.55. The van der Waals surface area contributed by atoms with Gasteiger partial charge in [-0.15, -0.1) is 11.8 Å². The molecule has 0 saturated carbocycles. The fourth-order valence-corrected chi connectivity index (χ4v) is 3.58. The van der Waals surface area contributed by atoms with E-state index in [0.29, 0.717) is 16.6 Å². The monoisotopic (exact) mass is 435 g/mol. The molecule has 150 valence electrons. The number of para-hydroxylation sites is 1. The van der Waals surface area contributed by atoms with Crippen LogP contribution in [0.5, 0.6) is 0 Å². The molecule has 0 fully saturated rings. The number of thioether (sulfide) groups is 1. The second-order valence-corrected chi connectivity index (χ2v) is 7.86. The number of hydrogen-bond acceptors (Lipinski definition) is 4. The zero-order chi connectivity index (χ0) is 20.8. The second-order valence-electron chi connectivity index (χ2n) is 6.37. The van der Waals surface area contributed by atoms with E-state index in [4.69, 9.17) is 11.6 Å². The summed E-state index contributed by atoms with van der Waals surface area (Å²) in [5.41, 5.74) is 2.38. The molecule has 0 saturated heterocycles. The van der Waals surface area contributed by atoms with Crippen LogP contribution in [0.1, 0.15) is 5.82 Å². The lowest BCUT2D eigenvalue weighted by atomic mass is 10.2. The number of rotatable bonds is 6. The number of hydrogen-bond donors (Lipinski definition) is 3. The number of anilines is 2. The van der Waals surface area contributed by atoms with E-state index in [0.717, 1.165) is 27.7 Å². The number of nitrogens with one attached hydrogen (secondary N) is 3. The van der Waals surface area contributed by atoms with Crippen LogP contribution in [-0.2, 0) is 5.75 Å². The normalized spacial score (nSPS) is 10.6. The van der Waals surface area contributed by atoms with Crippen LogP contribution in [-0.4, -0.2) is 21.2 Å². The third-order valence-corrected chi connectivity index (χ3v) is 5.43. The molecule has 0 aliphatic heterocycles. The first-order valence-electron chi connectivity index (χ1n) is 9.19. The van der Waals surface area contributed by atoms with Gasteiger partial charge in [0.05, 0.1) is 5.75 Å². The molecule has 0 spiro atoms.